The van der Waals surface area contributed by atoms with Gasteiger partial charge in [-0.25, -0.2) is 9.97 Å². The standard InChI is InChI=1S/C18H18ClN3O2S2/c1-11-20-13(9-25-11)10-26-18-21-16-7-12(19)4-5-15(16)17(23)22(18)8-14-3-2-6-24-14/h4-5,7,9,14H,2-3,6,8,10H2,1H3/t14-/m1/s1. The van der Waals surface area contributed by atoms with Crippen LogP contribution in [0.25, 0.3) is 10.9 Å². The Labute approximate surface area is 164 Å². The summed E-state index contributed by atoms with van der Waals surface area (Å²) in [5.74, 6) is 0.675. The fraction of sp³-hybridized carbons (Fsp3) is 0.389. The van der Waals surface area contributed by atoms with E-state index in [4.69, 9.17) is 21.3 Å². The molecule has 0 spiro atoms. The Hall–Kier alpha value is -1.41. The fourth-order valence-electron chi connectivity index (χ4n) is 3.05. The molecule has 8 heteroatoms. The molecule has 0 aliphatic carbocycles. The number of thioether (sulfide) groups is 1. The zero-order valence-corrected chi connectivity index (χ0v) is 16.7. The molecule has 0 bridgehead atoms. The SMILES string of the molecule is Cc1nc(CSc2nc3cc(Cl)ccc3c(=O)n2C[C@H]2CCCO2)cs1. The molecule has 0 amide bonds. The second-order valence-corrected chi connectivity index (χ2v) is 8.69. The third kappa shape index (κ3) is 3.81. The highest BCUT2D eigenvalue weighted by molar-refractivity contribution is 7.98. The van der Waals surface area contributed by atoms with Gasteiger partial charge in [0.05, 0.1) is 34.3 Å². The summed E-state index contributed by atoms with van der Waals surface area (Å²) in [6, 6.07) is 5.22. The van der Waals surface area contributed by atoms with Gasteiger partial charge in [-0.2, -0.15) is 0 Å². The number of fused-ring (bicyclic) bond motifs is 1. The molecule has 4 rings (SSSR count). The van der Waals surface area contributed by atoms with Crippen LogP contribution in [-0.4, -0.2) is 27.2 Å². The predicted molar refractivity (Wildman–Crippen MR) is 106 cm³/mol. The topological polar surface area (TPSA) is 57.0 Å². The summed E-state index contributed by atoms with van der Waals surface area (Å²) >= 11 is 9.25. The number of hydrogen-bond donors (Lipinski definition) is 0. The van der Waals surface area contributed by atoms with Crippen LogP contribution in [0, 0.1) is 6.92 Å². The summed E-state index contributed by atoms with van der Waals surface area (Å²) in [5, 5.41) is 4.93. The first-order chi connectivity index (χ1) is 12.6. The zero-order valence-electron chi connectivity index (χ0n) is 14.3. The Morgan fingerprint density at radius 1 is 1.42 bits per heavy atom. The highest BCUT2D eigenvalue weighted by Crippen LogP contribution is 2.25. The second kappa shape index (κ2) is 7.68. The van der Waals surface area contributed by atoms with Crippen LogP contribution in [-0.2, 0) is 17.0 Å². The molecule has 1 aliphatic rings. The van der Waals surface area contributed by atoms with Crippen LogP contribution in [0.1, 0.15) is 23.5 Å². The number of aromatic nitrogens is 3. The number of hydrogen-bond acceptors (Lipinski definition) is 6. The minimum atomic E-state index is -0.0425. The molecule has 1 aromatic carbocycles. The Morgan fingerprint density at radius 3 is 3.04 bits per heavy atom. The Kier molecular flexibility index (Phi) is 5.31. The Bertz CT molecular complexity index is 996. The molecule has 1 atom stereocenters. The van der Waals surface area contributed by atoms with E-state index in [1.54, 1.807) is 34.1 Å². The predicted octanol–water partition coefficient (Wildman–Crippen LogP) is 4.29. The third-order valence-corrected chi connectivity index (χ3v) is 6.38. The van der Waals surface area contributed by atoms with Gasteiger partial charge in [0.25, 0.3) is 5.56 Å². The molecule has 1 saturated heterocycles. The van der Waals surface area contributed by atoms with Crippen LogP contribution < -0.4 is 5.56 Å². The molecule has 26 heavy (non-hydrogen) atoms. The van der Waals surface area contributed by atoms with E-state index >= 15 is 0 Å². The van der Waals surface area contributed by atoms with E-state index in [1.165, 1.54) is 11.8 Å². The first kappa shape index (κ1) is 18.0. The summed E-state index contributed by atoms with van der Waals surface area (Å²) < 4.78 is 7.48. The lowest BCUT2D eigenvalue weighted by atomic mass is 10.2. The monoisotopic (exact) mass is 407 g/mol. The number of nitrogens with zero attached hydrogens (tertiary/aromatic N) is 3. The smallest absolute Gasteiger partial charge is 0.262 e. The molecule has 5 nitrogen and oxygen atoms in total. The van der Waals surface area contributed by atoms with E-state index < -0.39 is 0 Å². The maximum atomic E-state index is 13.1. The van der Waals surface area contributed by atoms with Crippen molar-refractivity contribution >= 4 is 45.6 Å². The third-order valence-electron chi connectivity index (χ3n) is 4.31. The average Bonchev–Trinajstić information content (AvgIpc) is 3.27. The number of aryl methyl sites for hydroxylation is 1. The van der Waals surface area contributed by atoms with Gasteiger partial charge in [0, 0.05) is 22.8 Å². The average molecular weight is 408 g/mol. The van der Waals surface area contributed by atoms with E-state index in [0.29, 0.717) is 33.4 Å². The number of halogens is 1. The summed E-state index contributed by atoms with van der Waals surface area (Å²) in [6.45, 7) is 3.28. The van der Waals surface area contributed by atoms with Crippen molar-refractivity contribution < 1.29 is 4.74 Å². The number of thiazole rings is 1. The molecule has 1 fully saturated rings. The van der Waals surface area contributed by atoms with Crippen LogP contribution in [0.4, 0.5) is 0 Å². The van der Waals surface area contributed by atoms with Gasteiger partial charge in [0.1, 0.15) is 0 Å². The van der Waals surface area contributed by atoms with Crippen molar-refractivity contribution in [2.75, 3.05) is 6.61 Å². The van der Waals surface area contributed by atoms with Crippen LogP contribution in [0.3, 0.4) is 0 Å². The van der Waals surface area contributed by atoms with Gasteiger partial charge in [-0.1, -0.05) is 23.4 Å². The van der Waals surface area contributed by atoms with Gasteiger partial charge in [0.2, 0.25) is 0 Å². The van der Waals surface area contributed by atoms with Crippen molar-refractivity contribution in [1.82, 2.24) is 14.5 Å². The van der Waals surface area contributed by atoms with E-state index in [0.717, 1.165) is 30.2 Å². The highest BCUT2D eigenvalue weighted by atomic mass is 35.5. The van der Waals surface area contributed by atoms with Gasteiger partial charge >= 0.3 is 0 Å². The van der Waals surface area contributed by atoms with E-state index in [9.17, 15) is 4.79 Å². The van der Waals surface area contributed by atoms with E-state index in [2.05, 4.69) is 4.98 Å². The van der Waals surface area contributed by atoms with E-state index in [-0.39, 0.29) is 11.7 Å². The molecular weight excluding hydrogens is 390 g/mol. The van der Waals surface area contributed by atoms with Crippen molar-refractivity contribution in [3.05, 3.63) is 49.7 Å². The molecule has 136 valence electrons. The maximum Gasteiger partial charge on any atom is 0.262 e. The normalized spacial score (nSPS) is 17.2. The minimum Gasteiger partial charge on any atom is -0.376 e. The lowest BCUT2D eigenvalue weighted by Crippen LogP contribution is -2.28. The molecule has 0 saturated carbocycles. The summed E-state index contributed by atoms with van der Waals surface area (Å²) in [5.41, 5.74) is 1.59. The van der Waals surface area contributed by atoms with Crippen LogP contribution in [0.5, 0.6) is 0 Å². The zero-order chi connectivity index (χ0) is 18.1. The highest BCUT2D eigenvalue weighted by Gasteiger charge is 2.20. The van der Waals surface area contributed by atoms with Gasteiger partial charge in [0.15, 0.2) is 5.16 Å². The molecule has 0 unspecified atom stereocenters. The first-order valence-corrected chi connectivity index (χ1v) is 10.7. The molecule has 3 heterocycles. The van der Waals surface area contributed by atoms with Crippen molar-refractivity contribution in [1.29, 1.82) is 0 Å². The summed E-state index contributed by atoms with van der Waals surface area (Å²) in [4.78, 5) is 22.3. The van der Waals surface area contributed by atoms with Crippen LogP contribution >= 0.6 is 34.7 Å². The summed E-state index contributed by atoms with van der Waals surface area (Å²) in [7, 11) is 0. The van der Waals surface area contributed by atoms with Crippen LogP contribution in [0.15, 0.2) is 33.5 Å². The molecule has 0 N–H and O–H groups in total. The van der Waals surface area contributed by atoms with Gasteiger partial charge in [-0.3, -0.25) is 9.36 Å². The fourth-order valence-corrected chi connectivity index (χ4v) is 4.84. The molecule has 1 aliphatic heterocycles. The number of ether oxygens (including phenoxy) is 1. The molecule has 2 aromatic heterocycles. The second-order valence-electron chi connectivity index (χ2n) is 6.25. The quantitative estimate of drug-likeness (QED) is 0.466. The van der Waals surface area contributed by atoms with Gasteiger partial charge in [-0.05, 0) is 38.0 Å². The summed E-state index contributed by atoms with van der Waals surface area (Å²) in [6.07, 6.45) is 2.08. The lowest BCUT2D eigenvalue weighted by molar-refractivity contribution is 0.0937. The van der Waals surface area contributed by atoms with Gasteiger partial charge in [-0.15, -0.1) is 11.3 Å². The lowest BCUT2D eigenvalue weighted by Gasteiger charge is -2.16. The van der Waals surface area contributed by atoms with Crippen molar-refractivity contribution in [3.8, 4) is 0 Å². The number of benzene rings is 1. The van der Waals surface area contributed by atoms with Gasteiger partial charge < -0.3 is 4.74 Å². The maximum absolute atomic E-state index is 13.1. The van der Waals surface area contributed by atoms with Crippen molar-refractivity contribution in [2.45, 2.75) is 43.3 Å². The van der Waals surface area contributed by atoms with Crippen molar-refractivity contribution in [2.24, 2.45) is 0 Å². The molecular formula is C18H18ClN3O2S2. The molecule has 0 radical (unpaired) electrons. The molecule has 3 aromatic rings. The first-order valence-electron chi connectivity index (χ1n) is 8.45. The Balaban J connectivity index is 1.72. The van der Waals surface area contributed by atoms with E-state index in [1.807, 2.05) is 12.3 Å². The van der Waals surface area contributed by atoms with Crippen molar-refractivity contribution in [3.63, 3.8) is 0 Å². The number of rotatable bonds is 5. The largest absolute Gasteiger partial charge is 0.376 e. The minimum absolute atomic E-state index is 0.0425. The van der Waals surface area contributed by atoms with Crippen LogP contribution in [0.2, 0.25) is 5.02 Å². The Morgan fingerprint density at radius 2 is 2.31 bits per heavy atom.